The number of amidine groups is 1. The zero-order valence-corrected chi connectivity index (χ0v) is 35.8. The molecule has 64 heavy (non-hydrogen) atoms. The van der Waals surface area contributed by atoms with Gasteiger partial charge in [0.1, 0.15) is 22.3 Å². The number of allylic oxidation sites excluding steroid dienone is 8. The van der Waals surface area contributed by atoms with Gasteiger partial charge in [0.05, 0.1) is 22.1 Å². The quantitative estimate of drug-likeness (QED) is 0.0827. The van der Waals surface area contributed by atoms with Crippen molar-refractivity contribution in [3.05, 3.63) is 234 Å². The SMILES string of the molecule is C=C(/N=C(\N=C\c1ccccc1)c1ccccc1)/C(C)=C/C(C1=CCCC=C1)=C(\C(C)c1ccccc1)n1c2ccccc2c2c3oc4cc5oc6ccccc6c5cc4c3ccc21. The molecule has 5 heteroatoms. The van der Waals surface area contributed by atoms with Crippen molar-refractivity contribution in [2.75, 3.05) is 0 Å². The van der Waals surface area contributed by atoms with Gasteiger partial charge in [-0.1, -0.05) is 159 Å². The second-order valence-electron chi connectivity index (χ2n) is 16.5. The van der Waals surface area contributed by atoms with E-state index >= 15 is 0 Å². The smallest absolute Gasteiger partial charge is 0.159 e. The van der Waals surface area contributed by atoms with E-state index in [1.807, 2.05) is 79.0 Å². The Kier molecular flexibility index (Phi) is 9.93. The van der Waals surface area contributed by atoms with Gasteiger partial charge in [0.15, 0.2) is 5.84 Å². The van der Waals surface area contributed by atoms with Crippen LogP contribution in [0.3, 0.4) is 0 Å². The molecule has 0 spiro atoms. The number of para-hydroxylation sites is 2. The number of benzene rings is 7. The Bertz CT molecular complexity index is 3630. The lowest BCUT2D eigenvalue weighted by Gasteiger charge is -2.25. The molecular formula is C59H45N3O2. The number of hydrogen-bond acceptors (Lipinski definition) is 3. The van der Waals surface area contributed by atoms with Gasteiger partial charge in [0.25, 0.3) is 0 Å². The molecule has 11 rings (SSSR count). The van der Waals surface area contributed by atoms with Gasteiger partial charge in [-0.3, -0.25) is 0 Å². The summed E-state index contributed by atoms with van der Waals surface area (Å²) in [4.78, 5) is 10.1. The lowest BCUT2D eigenvalue weighted by Crippen LogP contribution is -2.10. The van der Waals surface area contributed by atoms with Gasteiger partial charge in [-0.15, -0.1) is 0 Å². The highest BCUT2D eigenvalue weighted by atomic mass is 16.3. The molecule has 1 atom stereocenters. The highest BCUT2D eigenvalue weighted by Gasteiger charge is 2.26. The van der Waals surface area contributed by atoms with Crippen molar-refractivity contribution in [2.24, 2.45) is 9.98 Å². The Morgan fingerprint density at radius 1 is 0.656 bits per heavy atom. The van der Waals surface area contributed by atoms with E-state index in [9.17, 15) is 0 Å². The molecule has 5 nitrogen and oxygen atoms in total. The highest BCUT2D eigenvalue weighted by molar-refractivity contribution is 6.25. The third-order valence-electron chi connectivity index (χ3n) is 12.5. The molecule has 0 fully saturated rings. The number of rotatable bonds is 9. The van der Waals surface area contributed by atoms with E-state index in [0.717, 1.165) is 112 Å². The van der Waals surface area contributed by atoms with E-state index in [2.05, 4.69) is 140 Å². The van der Waals surface area contributed by atoms with Gasteiger partial charge in [0, 0.05) is 62.0 Å². The summed E-state index contributed by atoms with van der Waals surface area (Å²) in [7, 11) is 0. The number of nitrogens with zero attached hydrogens (tertiary/aromatic N) is 3. The van der Waals surface area contributed by atoms with Crippen molar-refractivity contribution in [3.8, 4) is 0 Å². The van der Waals surface area contributed by atoms with E-state index in [1.54, 1.807) is 0 Å². The maximum Gasteiger partial charge on any atom is 0.159 e. The van der Waals surface area contributed by atoms with Crippen molar-refractivity contribution in [2.45, 2.75) is 32.6 Å². The van der Waals surface area contributed by atoms with E-state index in [1.165, 1.54) is 5.56 Å². The summed E-state index contributed by atoms with van der Waals surface area (Å²) in [5.74, 6) is 0.565. The third kappa shape index (κ3) is 6.92. The number of furan rings is 2. The molecule has 1 aliphatic rings. The first-order valence-corrected chi connectivity index (χ1v) is 22.0. The van der Waals surface area contributed by atoms with Crippen molar-refractivity contribution >= 4 is 83.4 Å². The van der Waals surface area contributed by atoms with Gasteiger partial charge < -0.3 is 13.4 Å². The average molecular weight is 828 g/mol. The highest BCUT2D eigenvalue weighted by Crippen LogP contribution is 2.46. The molecule has 0 saturated heterocycles. The predicted octanol–water partition coefficient (Wildman–Crippen LogP) is 15.9. The lowest BCUT2D eigenvalue weighted by atomic mass is 9.88. The Balaban J connectivity index is 1.16. The van der Waals surface area contributed by atoms with Crippen LogP contribution in [0.2, 0.25) is 0 Å². The molecule has 0 N–H and O–H groups in total. The molecule has 1 aliphatic carbocycles. The van der Waals surface area contributed by atoms with Gasteiger partial charge >= 0.3 is 0 Å². The largest absolute Gasteiger partial charge is 0.456 e. The molecule has 10 aromatic rings. The van der Waals surface area contributed by atoms with Crippen molar-refractivity contribution < 1.29 is 8.83 Å². The molecule has 0 radical (unpaired) electrons. The van der Waals surface area contributed by atoms with Crippen LogP contribution in [-0.4, -0.2) is 16.6 Å². The molecule has 1 unspecified atom stereocenters. The molecule has 7 aromatic carbocycles. The molecule has 3 aromatic heterocycles. The average Bonchev–Trinajstić information content (AvgIpc) is 4.01. The van der Waals surface area contributed by atoms with E-state index in [-0.39, 0.29) is 5.92 Å². The maximum atomic E-state index is 6.95. The van der Waals surface area contributed by atoms with E-state index in [0.29, 0.717) is 11.5 Å². The summed E-state index contributed by atoms with van der Waals surface area (Å²) in [6.45, 7) is 9.00. The van der Waals surface area contributed by atoms with Crippen LogP contribution in [0.25, 0.3) is 71.4 Å². The van der Waals surface area contributed by atoms with Crippen LogP contribution >= 0.6 is 0 Å². The first-order valence-electron chi connectivity index (χ1n) is 22.0. The lowest BCUT2D eigenvalue weighted by molar-refractivity contribution is 0.658. The van der Waals surface area contributed by atoms with Crippen LogP contribution in [0.15, 0.2) is 236 Å². The fourth-order valence-electron chi connectivity index (χ4n) is 9.27. The van der Waals surface area contributed by atoms with Gasteiger partial charge in [-0.05, 0) is 78.4 Å². The van der Waals surface area contributed by atoms with Crippen LogP contribution in [0.4, 0.5) is 0 Å². The number of aliphatic imine (C=N–C) groups is 2. The third-order valence-corrected chi connectivity index (χ3v) is 12.5. The molecule has 0 saturated carbocycles. The maximum absolute atomic E-state index is 6.95. The van der Waals surface area contributed by atoms with E-state index in [4.69, 9.17) is 18.8 Å². The monoisotopic (exact) mass is 827 g/mol. The summed E-state index contributed by atoms with van der Waals surface area (Å²) >= 11 is 0. The summed E-state index contributed by atoms with van der Waals surface area (Å²) < 4.78 is 15.7. The minimum Gasteiger partial charge on any atom is -0.456 e. The van der Waals surface area contributed by atoms with Crippen LogP contribution in [0.1, 0.15) is 49.3 Å². The van der Waals surface area contributed by atoms with Gasteiger partial charge in [0.2, 0.25) is 0 Å². The number of aromatic nitrogens is 1. The van der Waals surface area contributed by atoms with E-state index < -0.39 is 0 Å². The normalized spacial score (nSPS) is 14.7. The molecule has 0 bridgehead atoms. The zero-order chi connectivity index (χ0) is 43.1. The molecule has 3 heterocycles. The van der Waals surface area contributed by atoms with Crippen LogP contribution in [0, 0.1) is 0 Å². The summed E-state index contributed by atoms with van der Waals surface area (Å²) in [5.41, 5.74) is 13.7. The second-order valence-corrected chi connectivity index (χ2v) is 16.5. The molecule has 0 amide bonds. The molecule has 0 aliphatic heterocycles. The minimum atomic E-state index is -0.0332. The summed E-state index contributed by atoms with van der Waals surface area (Å²) in [6.07, 6.45) is 13.0. The summed E-state index contributed by atoms with van der Waals surface area (Å²) in [5, 5.41) is 6.53. The fraction of sp³-hybridized carbons (Fsp3) is 0.0847. The Labute approximate surface area is 371 Å². The molecular weight excluding hydrogens is 783 g/mol. The van der Waals surface area contributed by atoms with Crippen LogP contribution in [0.5, 0.6) is 0 Å². The first kappa shape index (κ1) is 38.9. The number of hydrogen-bond donors (Lipinski definition) is 0. The Hall–Kier alpha value is -8.02. The number of fused-ring (bicyclic) bond motifs is 10. The predicted molar refractivity (Wildman–Crippen MR) is 268 cm³/mol. The molecule has 308 valence electrons. The van der Waals surface area contributed by atoms with Crippen molar-refractivity contribution in [3.63, 3.8) is 0 Å². The van der Waals surface area contributed by atoms with Gasteiger partial charge in [-0.2, -0.15) is 0 Å². The Morgan fingerprint density at radius 2 is 1.34 bits per heavy atom. The standard InChI is InChI=1S/C59H45N3O2/c1-38(40(3)61-59(44-26-14-7-15-27-44)60-37-41-20-8-4-9-21-41)34-48(43-24-12-6-13-25-43)57(39(2)42-22-10-5-11-23-42)62-51-30-18-16-29-47(51)56-52(62)33-32-46-50-35-49-45-28-17-19-31-53(45)63-54(49)36-55(50)64-58(46)56/h4-5,7-12,14-37,39H,3,6,13H2,1-2H3/b38-34+,57-48-,60-37+,61-59-. The second kappa shape index (κ2) is 16.4. The summed E-state index contributed by atoms with van der Waals surface area (Å²) in [6, 6.07) is 56.8. The first-order chi connectivity index (χ1) is 31.5. The van der Waals surface area contributed by atoms with Crippen molar-refractivity contribution in [1.82, 2.24) is 4.57 Å². The minimum absolute atomic E-state index is 0.0332. The zero-order valence-electron chi connectivity index (χ0n) is 35.8. The Morgan fingerprint density at radius 3 is 2.12 bits per heavy atom. The fourth-order valence-corrected chi connectivity index (χ4v) is 9.27. The van der Waals surface area contributed by atoms with Crippen molar-refractivity contribution in [1.29, 1.82) is 0 Å². The van der Waals surface area contributed by atoms with Gasteiger partial charge in [-0.25, -0.2) is 9.98 Å². The topological polar surface area (TPSA) is 55.9 Å². The van der Waals surface area contributed by atoms with Crippen LogP contribution < -0.4 is 0 Å². The van der Waals surface area contributed by atoms with Crippen LogP contribution in [-0.2, 0) is 0 Å².